The van der Waals surface area contributed by atoms with Crippen LogP contribution in [0.3, 0.4) is 0 Å². The zero-order valence-corrected chi connectivity index (χ0v) is 11.4. The number of nitrogens with zero attached hydrogens (tertiary/aromatic N) is 1. The summed E-state index contributed by atoms with van der Waals surface area (Å²) < 4.78 is 5.35. The molecule has 4 heteroatoms. The first-order chi connectivity index (χ1) is 8.19. The van der Waals surface area contributed by atoms with Gasteiger partial charge in [-0.25, -0.2) is 0 Å². The molecule has 0 aliphatic carbocycles. The average Bonchev–Trinajstić information content (AvgIpc) is 2.36. The lowest BCUT2D eigenvalue weighted by atomic mass is 9.93. The Morgan fingerprint density at radius 3 is 2.65 bits per heavy atom. The first-order valence-corrected chi connectivity index (χ1v) is 6.74. The van der Waals surface area contributed by atoms with E-state index in [1.54, 1.807) is 0 Å². The van der Waals surface area contributed by atoms with Crippen LogP contribution in [0.5, 0.6) is 0 Å². The van der Waals surface area contributed by atoms with Crippen molar-refractivity contribution >= 4 is 5.91 Å². The van der Waals surface area contributed by atoms with Crippen LogP contribution in [-0.2, 0) is 9.53 Å². The normalized spacial score (nSPS) is 19.4. The molecule has 1 N–H and O–H groups in total. The molecule has 1 saturated heterocycles. The molecule has 0 bridgehead atoms. The Balaban J connectivity index is 2.28. The van der Waals surface area contributed by atoms with Crippen molar-refractivity contribution in [2.45, 2.75) is 39.2 Å². The van der Waals surface area contributed by atoms with Gasteiger partial charge in [0.2, 0.25) is 0 Å². The highest BCUT2D eigenvalue weighted by atomic mass is 16.5. The number of hydrogen-bond acceptors (Lipinski definition) is 3. The Morgan fingerprint density at radius 2 is 2.12 bits per heavy atom. The number of nitrogens with one attached hydrogen (secondary N) is 1. The molecular formula is C13H26N2O2. The monoisotopic (exact) mass is 242 g/mol. The fraction of sp³-hybridized carbons (Fsp3) is 0.923. The molecule has 1 rings (SSSR count). The van der Waals surface area contributed by atoms with Gasteiger partial charge in [-0.05, 0) is 52.6 Å². The molecule has 1 atom stereocenters. The van der Waals surface area contributed by atoms with Gasteiger partial charge in [-0.3, -0.25) is 4.79 Å². The van der Waals surface area contributed by atoms with Crippen LogP contribution in [-0.4, -0.2) is 50.2 Å². The zero-order valence-electron chi connectivity index (χ0n) is 11.4. The second kappa shape index (κ2) is 7.67. The van der Waals surface area contributed by atoms with Gasteiger partial charge < -0.3 is 15.0 Å². The molecule has 0 saturated carbocycles. The summed E-state index contributed by atoms with van der Waals surface area (Å²) in [6.45, 7) is 7.24. The lowest BCUT2D eigenvalue weighted by Gasteiger charge is -2.33. The molecule has 4 nitrogen and oxygen atoms in total. The summed E-state index contributed by atoms with van der Waals surface area (Å²) in [7, 11) is 1.99. The van der Waals surface area contributed by atoms with Gasteiger partial charge in [-0.1, -0.05) is 0 Å². The number of carbonyl (C=O) groups excluding carboxylic acids is 1. The quantitative estimate of drug-likeness (QED) is 0.762. The second-order valence-electron chi connectivity index (χ2n) is 4.76. The van der Waals surface area contributed by atoms with E-state index >= 15 is 0 Å². The number of hydrogen-bond donors (Lipinski definition) is 1. The van der Waals surface area contributed by atoms with E-state index in [0.29, 0.717) is 6.61 Å². The first kappa shape index (κ1) is 14.5. The van der Waals surface area contributed by atoms with Crippen molar-refractivity contribution in [1.82, 2.24) is 10.2 Å². The van der Waals surface area contributed by atoms with Gasteiger partial charge in [0, 0.05) is 19.7 Å². The Labute approximate surface area is 105 Å². The maximum atomic E-state index is 12.0. The lowest BCUT2D eigenvalue weighted by molar-refractivity contribution is -0.143. The van der Waals surface area contributed by atoms with Gasteiger partial charge in [0.05, 0.1) is 0 Å². The minimum Gasteiger partial charge on any atom is -0.369 e. The predicted molar refractivity (Wildman–Crippen MR) is 68.9 cm³/mol. The maximum absolute atomic E-state index is 12.0. The van der Waals surface area contributed by atoms with Crippen LogP contribution in [0.25, 0.3) is 0 Å². The molecule has 100 valence electrons. The van der Waals surface area contributed by atoms with Crippen LogP contribution in [0.15, 0.2) is 0 Å². The fourth-order valence-electron chi connectivity index (χ4n) is 2.37. The van der Waals surface area contributed by atoms with Crippen molar-refractivity contribution in [2.75, 3.05) is 33.3 Å². The predicted octanol–water partition coefficient (Wildman–Crippen LogP) is 1.26. The third-order valence-electron chi connectivity index (χ3n) is 3.49. The molecule has 1 unspecified atom stereocenters. The number of ether oxygens (including phenoxy) is 1. The van der Waals surface area contributed by atoms with Crippen molar-refractivity contribution < 1.29 is 9.53 Å². The van der Waals surface area contributed by atoms with E-state index in [9.17, 15) is 4.79 Å². The van der Waals surface area contributed by atoms with E-state index in [1.165, 1.54) is 6.42 Å². The summed E-state index contributed by atoms with van der Waals surface area (Å²) in [5.41, 5.74) is 0. The van der Waals surface area contributed by atoms with Gasteiger partial charge in [-0.15, -0.1) is 0 Å². The minimum atomic E-state index is -0.283. The second-order valence-corrected chi connectivity index (χ2v) is 4.76. The van der Waals surface area contributed by atoms with E-state index in [0.717, 1.165) is 38.4 Å². The summed E-state index contributed by atoms with van der Waals surface area (Å²) in [4.78, 5) is 14.0. The zero-order chi connectivity index (χ0) is 12.7. The highest BCUT2D eigenvalue weighted by Gasteiger charge is 2.25. The summed E-state index contributed by atoms with van der Waals surface area (Å²) in [5, 5.41) is 3.18. The number of carbonyl (C=O) groups is 1. The van der Waals surface area contributed by atoms with Crippen LogP contribution in [0.4, 0.5) is 0 Å². The van der Waals surface area contributed by atoms with Crippen molar-refractivity contribution in [3.05, 3.63) is 0 Å². The fourth-order valence-corrected chi connectivity index (χ4v) is 2.37. The Hall–Kier alpha value is -0.610. The average molecular weight is 242 g/mol. The van der Waals surface area contributed by atoms with E-state index < -0.39 is 0 Å². The minimum absolute atomic E-state index is 0.152. The van der Waals surface area contributed by atoms with Crippen molar-refractivity contribution in [2.24, 2.45) is 5.92 Å². The highest BCUT2D eigenvalue weighted by Crippen LogP contribution is 2.20. The number of rotatable bonds is 6. The van der Waals surface area contributed by atoms with E-state index in [4.69, 9.17) is 4.74 Å². The SMILES string of the molecule is CCOC(C)C(=O)N1CCC(CCNC)CC1. The van der Waals surface area contributed by atoms with Gasteiger partial charge >= 0.3 is 0 Å². The van der Waals surface area contributed by atoms with Gasteiger partial charge in [0.15, 0.2) is 0 Å². The van der Waals surface area contributed by atoms with Crippen LogP contribution in [0.1, 0.15) is 33.1 Å². The Morgan fingerprint density at radius 1 is 1.47 bits per heavy atom. The Kier molecular flexibility index (Phi) is 6.52. The van der Waals surface area contributed by atoms with E-state index in [-0.39, 0.29) is 12.0 Å². The number of likely N-dealkylation sites (tertiary alicyclic amines) is 1. The van der Waals surface area contributed by atoms with Crippen LogP contribution in [0, 0.1) is 5.92 Å². The molecule has 0 aromatic carbocycles. The standard InChI is InChI=1S/C13H26N2O2/c1-4-17-11(2)13(16)15-9-6-12(7-10-15)5-8-14-3/h11-12,14H,4-10H2,1-3H3. The molecule has 0 radical (unpaired) electrons. The summed E-state index contributed by atoms with van der Waals surface area (Å²) in [6, 6.07) is 0. The molecule has 0 spiro atoms. The first-order valence-electron chi connectivity index (χ1n) is 6.74. The van der Waals surface area contributed by atoms with Crippen molar-refractivity contribution in [3.8, 4) is 0 Å². The smallest absolute Gasteiger partial charge is 0.251 e. The topological polar surface area (TPSA) is 41.6 Å². The van der Waals surface area contributed by atoms with Gasteiger partial charge in [0.25, 0.3) is 5.91 Å². The van der Waals surface area contributed by atoms with Crippen LogP contribution < -0.4 is 5.32 Å². The summed E-state index contributed by atoms with van der Waals surface area (Å²) in [5.74, 6) is 0.924. The van der Waals surface area contributed by atoms with Crippen LogP contribution >= 0.6 is 0 Å². The van der Waals surface area contributed by atoms with Gasteiger partial charge in [0.1, 0.15) is 6.10 Å². The largest absolute Gasteiger partial charge is 0.369 e. The molecule has 1 aliphatic heterocycles. The molecule has 0 aromatic rings. The maximum Gasteiger partial charge on any atom is 0.251 e. The van der Waals surface area contributed by atoms with E-state index in [1.807, 2.05) is 25.8 Å². The van der Waals surface area contributed by atoms with Crippen LogP contribution in [0.2, 0.25) is 0 Å². The molecule has 17 heavy (non-hydrogen) atoms. The molecule has 0 aromatic heterocycles. The van der Waals surface area contributed by atoms with Gasteiger partial charge in [-0.2, -0.15) is 0 Å². The highest BCUT2D eigenvalue weighted by molar-refractivity contribution is 5.80. The molecule has 1 aliphatic rings. The van der Waals surface area contributed by atoms with E-state index in [2.05, 4.69) is 5.32 Å². The number of amides is 1. The molecule has 1 heterocycles. The van der Waals surface area contributed by atoms with Crippen molar-refractivity contribution in [3.63, 3.8) is 0 Å². The van der Waals surface area contributed by atoms with Crippen molar-refractivity contribution in [1.29, 1.82) is 0 Å². The third kappa shape index (κ3) is 4.64. The molecular weight excluding hydrogens is 216 g/mol. The Bertz CT molecular complexity index is 225. The molecule has 1 fully saturated rings. The number of piperidine rings is 1. The summed E-state index contributed by atoms with van der Waals surface area (Å²) >= 11 is 0. The molecule has 1 amide bonds. The summed E-state index contributed by atoms with van der Waals surface area (Å²) in [6.07, 6.45) is 3.20. The lowest BCUT2D eigenvalue weighted by Crippen LogP contribution is -2.44. The third-order valence-corrected chi connectivity index (χ3v) is 3.49.